The molecule has 3 heterocycles. The van der Waals surface area contributed by atoms with E-state index in [1.165, 1.54) is 7.11 Å². The molecule has 0 aliphatic carbocycles. The summed E-state index contributed by atoms with van der Waals surface area (Å²) < 4.78 is 7.18. The summed E-state index contributed by atoms with van der Waals surface area (Å²) in [6.07, 6.45) is 3.78. The number of rotatable bonds is 5. The molecule has 1 saturated heterocycles. The van der Waals surface area contributed by atoms with E-state index in [4.69, 9.17) is 4.74 Å². The van der Waals surface area contributed by atoms with Crippen molar-refractivity contribution in [3.63, 3.8) is 0 Å². The zero-order chi connectivity index (χ0) is 20.2. The maximum Gasteiger partial charge on any atom is 0.255 e. The number of para-hydroxylation sites is 1. The summed E-state index contributed by atoms with van der Waals surface area (Å²) in [6, 6.07) is 12.7. The number of nitrogens with one attached hydrogen (secondary N) is 1. The van der Waals surface area contributed by atoms with Crippen molar-refractivity contribution >= 4 is 17.5 Å². The van der Waals surface area contributed by atoms with Crippen LogP contribution in [0.1, 0.15) is 34.9 Å². The van der Waals surface area contributed by atoms with Gasteiger partial charge in [-0.2, -0.15) is 0 Å². The second-order valence-corrected chi connectivity index (χ2v) is 7.05. The first-order valence-electron chi connectivity index (χ1n) is 9.66. The van der Waals surface area contributed by atoms with Crippen molar-refractivity contribution in [2.24, 2.45) is 0 Å². The van der Waals surface area contributed by atoms with Gasteiger partial charge in [0.05, 0.1) is 19.2 Å². The minimum absolute atomic E-state index is 0.0514. The number of pyridine rings is 1. The van der Waals surface area contributed by atoms with Gasteiger partial charge in [-0.1, -0.05) is 18.2 Å². The van der Waals surface area contributed by atoms with Gasteiger partial charge in [0.2, 0.25) is 5.91 Å². The topological polar surface area (TPSA) is 88.8 Å². The molecule has 1 N–H and O–H groups in total. The summed E-state index contributed by atoms with van der Waals surface area (Å²) in [4.78, 5) is 26.9. The number of aromatic nitrogens is 3. The minimum Gasteiger partial charge on any atom is -0.496 e. The lowest BCUT2D eigenvalue weighted by atomic mass is 9.97. The van der Waals surface area contributed by atoms with Gasteiger partial charge in [-0.15, -0.1) is 10.2 Å². The Labute approximate surface area is 168 Å². The Bertz CT molecular complexity index is 1030. The quantitative estimate of drug-likeness (QED) is 0.715. The predicted octanol–water partition coefficient (Wildman–Crippen LogP) is 1.87. The van der Waals surface area contributed by atoms with Crippen molar-refractivity contribution in [1.82, 2.24) is 24.8 Å². The van der Waals surface area contributed by atoms with E-state index in [1.54, 1.807) is 29.2 Å². The molecular weight excluding hydrogens is 370 g/mol. The number of carbonyl (C=O) groups excluding carboxylic acids is 2. The van der Waals surface area contributed by atoms with Crippen LogP contribution in [0.2, 0.25) is 0 Å². The van der Waals surface area contributed by atoms with Gasteiger partial charge >= 0.3 is 0 Å². The largest absolute Gasteiger partial charge is 0.496 e. The van der Waals surface area contributed by atoms with Gasteiger partial charge in [0.25, 0.3) is 5.91 Å². The average molecular weight is 393 g/mol. The molecule has 1 aromatic carbocycles. The fraction of sp³-hybridized carbons (Fsp3) is 0.333. The molecule has 0 spiro atoms. The van der Waals surface area contributed by atoms with Crippen LogP contribution in [0.25, 0.3) is 5.65 Å². The van der Waals surface area contributed by atoms with Gasteiger partial charge in [0.15, 0.2) is 5.65 Å². The normalized spacial score (nSPS) is 16.6. The van der Waals surface area contributed by atoms with E-state index < -0.39 is 0 Å². The van der Waals surface area contributed by atoms with Crippen molar-refractivity contribution in [3.05, 3.63) is 60.0 Å². The van der Waals surface area contributed by atoms with Crippen LogP contribution >= 0.6 is 0 Å². The summed E-state index contributed by atoms with van der Waals surface area (Å²) in [5.74, 6) is 1.04. The van der Waals surface area contributed by atoms with Crippen molar-refractivity contribution in [3.8, 4) is 5.75 Å². The lowest BCUT2D eigenvalue weighted by molar-refractivity contribution is -0.131. The molecule has 0 bridgehead atoms. The fourth-order valence-electron chi connectivity index (χ4n) is 3.75. The molecule has 1 fully saturated rings. The summed E-state index contributed by atoms with van der Waals surface area (Å²) in [5.41, 5.74) is 1.21. The van der Waals surface area contributed by atoms with E-state index in [-0.39, 0.29) is 24.3 Å². The van der Waals surface area contributed by atoms with Crippen LogP contribution in [0.4, 0.5) is 0 Å². The minimum atomic E-state index is -0.326. The molecule has 2 amide bonds. The number of amides is 2. The van der Waals surface area contributed by atoms with Crippen molar-refractivity contribution < 1.29 is 14.3 Å². The highest BCUT2D eigenvalue weighted by Gasteiger charge is 2.28. The Hall–Kier alpha value is -3.42. The highest BCUT2D eigenvalue weighted by atomic mass is 16.5. The van der Waals surface area contributed by atoms with Gasteiger partial charge in [-0.05, 0) is 37.1 Å². The fourth-order valence-corrected chi connectivity index (χ4v) is 3.75. The van der Waals surface area contributed by atoms with E-state index >= 15 is 0 Å². The monoisotopic (exact) mass is 393 g/mol. The lowest BCUT2D eigenvalue weighted by Crippen LogP contribution is -2.44. The lowest BCUT2D eigenvalue weighted by Gasteiger charge is -2.32. The Kier molecular flexibility index (Phi) is 5.41. The van der Waals surface area contributed by atoms with Crippen LogP contribution in [0.3, 0.4) is 0 Å². The van der Waals surface area contributed by atoms with Crippen molar-refractivity contribution in [2.75, 3.05) is 26.7 Å². The first-order chi connectivity index (χ1) is 14.2. The van der Waals surface area contributed by atoms with E-state index in [0.717, 1.165) is 24.3 Å². The first-order valence-corrected chi connectivity index (χ1v) is 9.66. The van der Waals surface area contributed by atoms with Crippen molar-refractivity contribution in [2.45, 2.75) is 18.8 Å². The number of nitrogens with zero attached hydrogens (tertiary/aromatic N) is 4. The molecule has 3 aromatic rings. The second kappa shape index (κ2) is 8.30. The Morgan fingerprint density at radius 3 is 2.86 bits per heavy atom. The number of ether oxygens (including phenoxy) is 1. The molecule has 8 nitrogen and oxygen atoms in total. The van der Waals surface area contributed by atoms with Crippen LogP contribution in [0, 0.1) is 0 Å². The highest BCUT2D eigenvalue weighted by Crippen LogP contribution is 2.26. The third-order valence-corrected chi connectivity index (χ3v) is 5.23. The maximum absolute atomic E-state index is 12.7. The molecule has 29 heavy (non-hydrogen) atoms. The average Bonchev–Trinajstić information content (AvgIpc) is 3.21. The smallest absolute Gasteiger partial charge is 0.255 e. The summed E-state index contributed by atoms with van der Waals surface area (Å²) in [6.45, 7) is 1.19. The van der Waals surface area contributed by atoms with Crippen molar-refractivity contribution in [1.29, 1.82) is 0 Å². The first kappa shape index (κ1) is 18.9. The summed E-state index contributed by atoms with van der Waals surface area (Å²) in [7, 11) is 1.51. The molecule has 0 radical (unpaired) electrons. The number of likely N-dealkylation sites (tertiary alicyclic amines) is 1. The van der Waals surface area contributed by atoms with E-state index in [9.17, 15) is 9.59 Å². The van der Waals surface area contributed by atoms with Crippen LogP contribution in [0.15, 0.2) is 48.7 Å². The number of methoxy groups -OCH3 is 1. The second-order valence-electron chi connectivity index (χ2n) is 7.05. The zero-order valence-electron chi connectivity index (χ0n) is 16.2. The number of carbonyl (C=O) groups is 2. The van der Waals surface area contributed by atoms with Gasteiger partial charge in [-0.25, -0.2) is 0 Å². The molecule has 150 valence electrons. The van der Waals surface area contributed by atoms with Gasteiger partial charge in [0, 0.05) is 25.2 Å². The Morgan fingerprint density at radius 1 is 1.17 bits per heavy atom. The van der Waals surface area contributed by atoms with Crippen LogP contribution in [-0.4, -0.2) is 58.1 Å². The van der Waals surface area contributed by atoms with Gasteiger partial charge in [-0.3, -0.25) is 14.0 Å². The number of hydrogen-bond donors (Lipinski definition) is 1. The van der Waals surface area contributed by atoms with E-state index in [1.807, 2.05) is 28.8 Å². The third-order valence-electron chi connectivity index (χ3n) is 5.23. The number of benzene rings is 1. The Morgan fingerprint density at radius 2 is 2.00 bits per heavy atom. The van der Waals surface area contributed by atoms with Crippen LogP contribution < -0.4 is 10.1 Å². The summed E-state index contributed by atoms with van der Waals surface area (Å²) >= 11 is 0. The molecule has 4 rings (SSSR count). The number of fused-ring (bicyclic) bond motifs is 1. The molecule has 8 heteroatoms. The third kappa shape index (κ3) is 3.91. The molecule has 0 saturated carbocycles. The Balaban J connectivity index is 1.39. The molecule has 1 atom stereocenters. The molecule has 1 aliphatic rings. The number of hydrogen-bond acceptors (Lipinski definition) is 5. The van der Waals surface area contributed by atoms with Gasteiger partial charge < -0.3 is 15.0 Å². The summed E-state index contributed by atoms with van der Waals surface area (Å²) in [5, 5.41) is 11.3. The number of piperidine rings is 1. The van der Waals surface area contributed by atoms with Crippen LogP contribution in [-0.2, 0) is 4.79 Å². The molecule has 1 unspecified atom stereocenters. The zero-order valence-corrected chi connectivity index (χ0v) is 16.2. The SMILES string of the molecule is COc1ccccc1C(=O)NCC(=O)N1CCCC(c2nnc3ccccn23)C1. The van der Waals surface area contributed by atoms with E-state index in [2.05, 4.69) is 15.5 Å². The van der Waals surface area contributed by atoms with Crippen LogP contribution in [0.5, 0.6) is 5.75 Å². The van der Waals surface area contributed by atoms with E-state index in [0.29, 0.717) is 24.4 Å². The molecular formula is C21H23N5O3. The maximum atomic E-state index is 12.7. The molecule has 1 aliphatic heterocycles. The molecule has 2 aromatic heterocycles. The van der Waals surface area contributed by atoms with Gasteiger partial charge in [0.1, 0.15) is 11.6 Å². The highest BCUT2D eigenvalue weighted by molar-refractivity contribution is 5.98. The predicted molar refractivity (Wildman–Crippen MR) is 107 cm³/mol. The standard InChI is InChI=1S/C21H23N5O3/c1-29-17-9-3-2-8-16(17)21(28)22-13-19(27)25-11-6-7-15(14-25)20-24-23-18-10-4-5-12-26(18)20/h2-5,8-10,12,15H,6-7,11,13-14H2,1H3,(H,22,28).